The first kappa shape index (κ1) is 26.7. The molecule has 0 bridgehead atoms. The third kappa shape index (κ3) is 6.67. The van der Waals surface area contributed by atoms with Gasteiger partial charge in [0, 0.05) is 11.9 Å². The molecule has 3 N–H and O–H groups in total. The summed E-state index contributed by atoms with van der Waals surface area (Å²) in [7, 11) is -7.97. The van der Waals surface area contributed by atoms with Gasteiger partial charge in [-0.25, -0.2) is 16.8 Å². The van der Waals surface area contributed by atoms with Crippen LogP contribution in [0.2, 0.25) is 0 Å². The lowest BCUT2D eigenvalue weighted by molar-refractivity contribution is 0.256. The summed E-state index contributed by atoms with van der Waals surface area (Å²) < 4.78 is 57.3. The van der Waals surface area contributed by atoms with E-state index >= 15 is 0 Å². The second-order valence-electron chi connectivity index (χ2n) is 9.33. The highest BCUT2D eigenvalue weighted by molar-refractivity contribution is 7.94. The van der Waals surface area contributed by atoms with E-state index < -0.39 is 20.0 Å². The van der Waals surface area contributed by atoms with E-state index in [1.165, 1.54) is 67.0 Å². The molecule has 10 heteroatoms. The Morgan fingerprint density at radius 1 is 0.861 bits per heavy atom. The molecule has 36 heavy (non-hydrogen) atoms. The lowest BCUT2D eigenvalue weighted by Gasteiger charge is -2.28. The number of hydrogen-bond donors (Lipinski definition) is 3. The Bertz CT molecular complexity index is 1350. The van der Waals surface area contributed by atoms with E-state index in [9.17, 15) is 16.8 Å². The maximum atomic E-state index is 13.4. The highest BCUT2D eigenvalue weighted by atomic mass is 32.2. The molecule has 1 aliphatic rings. The van der Waals surface area contributed by atoms with Crippen molar-refractivity contribution >= 4 is 42.8 Å². The molecule has 0 spiro atoms. The Morgan fingerprint density at radius 2 is 1.53 bits per heavy atom. The van der Waals surface area contributed by atoms with Gasteiger partial charge in [-0.1, -0.05) is 69.4 Å². The topological polar surface area (TPSA) is 104 Å². The fraction of sp³-hybridized carbons (Fsp3) is 0.385. The average Bonchev–Trinajstić information content (AvgIpc) is 3.42. The zero-order valence-corrected chi connectivity index (χ0v) is 22.8. The number of benzene rings is 2. The molecule has 2 aromatic carbocycles. The molecule has 194 valence electrons. The summed E-state index contributed by atoms with van der Waals surface area (Å²) in [5, 5.41) is 6.65. The molecule has 1 unspecified atom stereocenters. The van der Waals surface area contributed by atoms with Crippen molar-refractivity contribution in [2.24, 2.45) is 11.8 Å². The van der Waals surface area contributed by atoms with Crippen molar-refractivity contribution in [1.82, 2.24) is 5.32 Å². The van der Waals surface area contributed by atoms with Gasteiger partial charge in [-0.05, 0) is 53.6 Å². The Morgan fingerprint density at radius 3 is 2.25 bits per heavy atom. The summed E-state index contributed by atoms with van der Waals surface area (Å²) in [5.74, 6) is 1.31. The monoisotopic (exact) mass is 547 g/mol. The first-order valence-electron chi connectivity index (χ1n) is 12.2. The van der Waals surface area contributed by atoms with Gasteiger partial charge in [0.1, 0.15) is 4.90 Å². The molecule has 0 aliphatic heterocycles. The predicted octanol–water partition coefficient (Wildman–Crippen LogP) is 5.66. The molecular formula is C26H33N3O4S3. The van der Waals surface area contributed by atoms with Crippen LogP contribution in [0.15, 0.2) is 75.1 Å². The highest BCUT2D eigenvalue weighted by Crippen LogP contribution is 2.30. The molecule has 0 saturated heterocycles. The molecule has 3 aromatic rings. The minimum atomic E-state index is -4.07. The van der Waals surface area contributed by atoms with Crippen LogP contribution in [0.4, 0.5) is 11.4 Å². The van der Waals surface area contributed by atoms with Crippen LogP contribution < -0.4 is 14.8 Å². The van der Waals surface area contributed by atoms with Gasteiger partial charge in [-0.15, -0.1) is 0 Å². The van der Waals surface area contributed by atoms with Crippen molar-refractivity contribution in [2.45, 2.75) is 55.4 Å². The van der Waals surface area contributed by atoms with E-state index in [0.29, 0.717) is 18.2 Å². The third-order valence-electron chi connectivity index (χ3n) is 6.72. The number of anilines is 2. The second-order valence-corrected chi connectivity index (χ2v) is 13.4. The largest absolute Gasteiger partial charge is 0.312 e. The van der Waals surface area contributed by atoms with Crippen molar-refractivity contribution in [3.05, 3.63) is 70.9 Å². The van der Waals surface area contributed by atoms with Crippen molar-refractivity contribution < 1.29 is 16.8 Å². The summed E-state index contributed by atoms with van der Waals surface area (Å²) in [6, 6.07) is 14.7. The summed E-state index contributed by atoms with van der Waals surface area (Å²) in [6.07, 6.45) is 6.53. The maximum Gasteiger partial charge on any atom is 0.263 e. The van der Waals surface area contributed by atoms with E-state index in [-0.39, 0.29) is 15.5 Å². The van der Waals surface area contributed by atoms with E-state index in [0.717, 1.165) is 18.0 Å². The Hall–Kier alpha value is -2.40. The van der Waals surface area contributed by atoms with Crippen LogP contribution in [0.3, 0.4) is 0 Å². The fourth-order valence-electron chi connectivity index (χ4n) is 4.67. The van der Waals surface area contributed by atoms with Crippen molar-refractivity contribution in [3.8, 4) is 0 Å². The van der Waals surface area contributed by atoms with E-state index in [2.05, 4.69) is 21.7 Å². The summed E-state index contributed by atoms with van der Waals surface area (Å²) in [5.41, 5.74) is 1.28. The predicted molar refractivity (Wildman–Crippen MR) is 146 cm³/mol. The SMILES string of the molecule is CC(CNCc1ccccc1NS(=O)(=O)c1ccccc1NS(=O)(=O)c1ccsc1)C1CCCCC1. The van der Waals surface area contributed by atoms with Crippen LogP contribution in [0.25, 0.3) is 0 Å². The van der Waals surface area contributed by atoms with Crippen LogP contribution in [-0.4, -0.2) is 23.4 Å². The number of thiophene rings is 1. The minimum Gasteiger partial charge on any atom is -0.312 e. The van der Waals surface area contributed by atoms with Gasteiger partial charge in [0.15, 0.2) is 0 Å². The Balaban J connectivity index is 1.47. The summed E-state index contributed by atoms with van der Waals surface area (Å²) in [4.78, 5) is -0.0518. The summed E-state index contributed by atoms with van der Waals surface area (Å²) in [6.45, 7) is 3.69. The molecule has 0 radical (unpaired) electrons. The molecule has 1 aliphatic carbocycles. The highest BCUT2D eigenvalue weighted by Gasteiger charge is 2.24. The van der Waals surface area contributed by atoms with Gasteiger partial charge in [0.2, 0.25) is 0 Å². The number of nitrogens with one attached hydrogen (secondary N) is 3. The number of hydrogen-bond acceptors (Lipinski definition) is 6. The zero-order valence-electron chi connectivity index (χ0n) is 20.3. The van der Waals surface area contributed by atoms with Crippen LogP contribution in [0.5, 0.6) is 0 Å². The number of rotatable bonds is 11. The van der Waals surface area contributed by atoms with Gasteiger partial charge in [0.05, 0.1) is 16.3 Å². The van der Waals surface area contributed by atoms with Gasteiger partial charge in [-0.3, -0.25) is 9.44 Å². The maximum absolute atomic E-state index is 13.4. The van der Waals surface area contributed by atoms with Crippen molar-refractivity contribution in [2.75, 3.05) is 16.0 Å². The van der Waals surface area contributed by atoms with Gasteiger partial charge >= 0.3 is 0 Å². The molecule has 4 rings (SSSR count). The van der Waals surface area contributed by atoms with Crippen molar-refractivity contribution in [1.29, 1.82) is 0 Å². The molecule has 0 amide bonds. The lowest BCUT2D eigenvalue weighted by Crippen LogP contribution is -2.27. The first-order valence-corrected chi connectivity index (χ1v) is 16.1. The smallest absolute Gasteiger partial charge is 0.263 e. The third-order valence-corrected chi connectivity index (χ3v) is 10.3. The van der Waals surface area contributed by atoms with E-state index in [1.807, 2.05) is 12.1 Å². The molecule has 1 aromatic heterocycles. The fourth-order valence-corrected chi connectivity index (χ4v) is 8.11. The van der Waals surface area contributed by atoms with Crippen LogP contribution >= 0.6 is 11.3 Å². The average molecular weight is 548 g/mol. The minimum absolute atomic E-state index is 0.00638. The molecule has 1 atom stereocenters. The van der Waals surface area contributed by atoms with Gasteiger partial charge in [0.25, 0.3) is 20.0 Å². The lowest BCUT2D eigenvalue weighted by atomic mass is 9.81. The van der Waals surface area contributed by atoms with E-state index in [1.54, 1.807) is 29.6 Å². The Kier molecular flexibility index (Phi) is 8.71. The normalized spacial score (nSPS) is 15.9. The summed E-state index contributed by atoms with van der Waals surface area (Å²) >= 11 is 1.25. The zero-order chi connectivity index (χ0) is 25.6. The second kappa shape index (κ2) is 11.8. The molecule has 1 saturated carbocycles. The quantitative estimate of drug-likeness (QED) is 0.288. The van der Waals surface area contributed by atoms with Crippen LogP contribution in [0, 0.1) is 11.8 Å². The standard InChI is InChI=1S/C26H33N3O4S3/c1-20(21-9-3-2-4-10-21)17-27-18-22-11-5-6-12-24(22)28-36(32,33)26-14-8-7-13-25(26)29-35(30,31)23-15-16-34-19-23/h5-8,11-16,19-21,27-29H,2-4,9-10,17-18H2,1H3. The molecule has 1 fully saturated rings. The van der Waals surface area contributed by atoms with Crippen LogP contribution in [0.1, 0.15) is 44.6 Å². The molecule has 1 heterocycles. The molecule has 7 nitrogen and oxygen atoms in total. The van der Waals surface area contributed by atoms with Gasteiger partial charge in [-0.2, -0.15) is 11.3 Å². The Labute approximate surface area is 218 Å². The van der Waals surface area contributed by atoms with Gasteiger partial charge < -0.3 is 5.32 Å². The number of para-hydroxylation sites is 2. The van der Waals surface area contributed by atoms with Crippen molar-refractivity contribution in [3.63, 3.8) is 0 Å². The molecular weight excluding hydrogens is 515 g/mol. The van der Waals surface area contributed by atoms with E-state index in [4.69, 9.17) is 0 Å². The number of sulfonamides is 2. The first-order chi connectivity index (χ1) is 17.3. The van der Waals surface area contributed by atoms with Crippen LogP contribution in [-0.2, 0) is 26.6 Å².